The molecule has 0 spiro atoms. The molecule has 0 aliphatic heterocycles. The topological polar surface area (TPSA) is 69.0 Å². The Morgan fingerprint density at radius 3 is 2.44 bits per heavy atom. The summed E-state index contributed by atoms with van der Waals surface area (Å²) in [6, 6.07) is 5.69. The Morgan fingerprint density at radius 1 is 1.08 bits per heavy atom. The molecule has 1 aromatic carbocycles. The molecule has 3 rings (SSSR count). The van der Waals surface area contributed by atoms with Crippen molar-refractivity contribution in [3.05, 3.63) is 90.6 Å². The maximum absolute atomic E-state index is 12.7. The number of benzene rings is 1. The summed E-state index contributed by atoms with van der Waals surface area (Å²) in [5.41, 5.74) is 0.00877. The number of carbonyl (C=O) groups excluding carboxylic acids is 1. The lowest BCUT2D eigenvalue weighted by molar-refractivity contribution is -0.140. The zero-order valence-corrected chi connectivity index (χ0v) is 18.6. The van der Waals surface area contributed by atoms with E-state index >= 15 is 0 Å². The van der Waals surface area contributed by atoms with Crippen molar-refractivity contribution in [1.29, 1.82) is 0 Å². The Hall–Kier alpha value is -4.09. The standard InChI is InChI=1S/C24H20F6N4O2/c1-2-4-18(33-20(35)13-16-6-8-17(9-7-16)24(28,29)30)5-3-12-36-22-19-10-11-34(14-23(25,26)27)21(19)31-15-32-22/h2-11,15H,1,12-14H2,(H,33,35)/b5-3-,18-4+. The van der Waals surface area contributed by atoms with Gasteiger partial charge in [-0.15, -0.1) is 0 Å². The number of allylic oxidation sites excluding steroid dienone is 3. The zero-order chi connectivity index (χ0) is 26.3. The van der Waals surface area contributed by atoms with E-state index in [0.717, 1.165) is 23.0 Å². The maximum Gasteiger partial charge on any atom is 0.416 e. The molecule has 0 atom stereocenters. The lowest BCUT2D eigenvalue weighted by atomic mass is 10.1. The number of nitrogens with zero attached hydrogens (tertiary/aromatic N) is 3. The number of amides is 1. The molecule has 2 aromatic heterocycles. The van der Waals surface area contributed by atoms with Crippen molar-refractivity contribution < 1.29 is 35.9 Å². The van der Waals surface area contributed by atoms with E-state index in [-0.39, 0.29) is 24.6 Å². The number of aromatic nitrogens is 3. The number of hydrogen-bond acceptors (Lipinski definition) is 4. The third kappa shape index (κ3) is 7.45. The van der Waals surface area contributed by atoms with Crippen molar-refractivity contribution in [3.63, 3.8) is 0 Å². The van der Waals surface area contributed by atoms with Crippen molar-refractivity contribution in [3.8, 4) is 5.88 Å². The Kier molecular flexibility index (Phi) is 8.18. The number of ether oxygens (including phenoxy) is 1. The molecule has 1 N–H and O–H groups in total. The lowest BCUT2D eigenvalue weighted by Crippen LogP contribution is -2.23. The Bertz CT molecular complexity index is 1270. The fourth-order valence-corrected chi connectivity index (χ4v) is 3.19. The first-order valence-corrected chi connectivity index (χ1v) is 10.4. The average Bonchev–Trinajstić information content (AvgIpc) is 3.18. The highest BCUT2D eigenvalue weighted by Crippen LogP contribution is 2.29. The number of carbonyl (C=O) groups is 1. The summed E-state index contributed by atoms with van der Waals surface area (Å²) < 4.78 is 82.6. The minimum Gasteiger partial charge on any atom is -0.473 e. The summed E-state index contributed by atoms with van der Waals surface area (Å²) in [7, 11) is 0. The molecule has 0 unspecified atom stereocenters. The highest BCUT2D eigenvalue weighted by molar-refractivity contribution is 5.81. The fraction of sp³-hybridized carbons (Fsp3) is 0.208. The predicted octanol–water partition coefficient (Wildman–Crippen LogP) is 5.38. The predicted molar refractivity (Wildman–Crippen MR) is 120 cm³/mol. The second-order valence-corrected chi connectivity index (χ2v) is 7.47. The van der Waals surface area contributed by atoms with Gasteiger partial charge in [0.1, 0.15) is 25.1 Å². The maximum atomic E-state index is 12.7. The summed E-state index contributed by atoms with van der Waals surface area (Å²) in [6.45, 7) is 2.34. The van der Waals surface area contributed by atoms with E-state index in [0.29, 0.717) is 16.6 Å². The van der Waals surface area contributed by atoms with Crippen LogP contribution in [0, 0.1) is 0 Å². The number of hydrogen-bond donors (Lipinski definition) is 1. The van der Waals surface area contributed by atoms with Gasteiger partial charge in [-0.2, -0.15) is 26.3 Å². The lowest BCUT2D eigenvalue weighted by Gasteiger charge is -2.09. The monoisotopic (exact) mass is 510 g/mol. The highest BCUT2D eigenvalue weighted by atomic mass is 19.4. The van der Waals surface area contributed by atoms with Crippen LogP contribution in [0.1, 0.15) is 11.1 Å². The Labute approximate surface area is 201 Å². The first-order valence-electron chi connectivity index (χ1n) is 10.4. The van der Waals surface area contributed by atoms with Crippen LogP contribution < -0.4 is 10.1 Å². The molecule has 6 nitrogen and oxygen atoms in total. The SMILES string of the molecule is C=C/C=C(\C=C/COc1ncnc2c1ccn2CC(F)(F)F)NC(=O)Cc1ccc(C(F)(F)F)cc1. The van der Waals surface area contributed by atoms with Gasteiger partial charge in [-0.3, -0.25) is 4.79 Å². The van der Waals surface area contributed by atoms with E-state index in [4.69, 9.17) is 4.74 Å². The first-order chi connectivity index (χ1) is 17.0. The number of alkyl halides is 6. The van der Waals surface area contributed by atoms with Crippen LogP contribution in [0.15, 0.2) is 79.4 Å². The van der Waals surface area contributed by atoms with Crippen molar-refractivity contribution in [2.75, 3.05) is 6.61 Å². The van der Waals surface area contributed by atoms with Crippen molar-refractivity contribution in [1.82, 2.24) is 19.9 Å². The van der Waals surface area contributed by atoms with Crippen molar-refractivity contribution >= 4 is 16.9 Å². The van der Waals surface area contributed by atoms with Crippen molar-refractivity contribution in [2.24, 2.45) is 0 Å². The molecule has 0 saturated carbocycles. The molecule has 0 saturated heterocycles. The molecule has 0 bridgehead atoms. The summed E-state index contributed by atoms with van der Waals surface area (Å²) in [5, 5.41) is 2.92. The second-order valence-electron chi connectivity index (χ2n) is 7.47. The molecule has 190 valence electrons. The van der Waals surface area contributed by atoms with E-state index in [1.54, 1.807) is 0 Å². The summed E-state index contributed by atoms with van der Waals surface area (Å²) >= 11 is 0. The van der Waals surface area contributed by atoms with E-state index < -0.39 is 30.4 Å². The van der Waals surface area contributed by atoms with Crippen LogP contribution in [-0.2, 0) is 23.9 Å². The van der Waals surface area contributed by atoms with Gasteiger partial charge in [-0.05, 0) is 42.0 Å². The molecule has 0 aliphatic rings. The van der Waals surface area contributed by atoms with Gasteiger partial charge in [0.05, 0.1) is 17.4 Å². The van der Waals surface area contributed by atoms with Gasteiger partial charge in [0.2, 0.25) is 11.8 Å². The molecule has 3 aromatic rings. The first kappa shape index (κ1) is 26.5. The van der Waals surface area contributed by atoms with Gasteiger partial charge in [0, 0.05) is 11.9 Å². The average molecular weight is 510 g/mol. The van der Waals surface area contributed by atoms with Crippen LogP contribution in [0.4, 0.5) is 26.3 Å². The largest absolute Gasteiger partial charge is 0.473 e. The van der Waals surface area contributed by atoms with E-state index in [1.807, 2.05) is 0 Å². The minimum absolute atomic E-state index is 0.0280. The number of rotatable bonds is 9. The highest BCUT2D eigenvalue weighted by Gasteiger charge is 2.30. The molecule has 36 heavy (non-hydrogen) atoms. The third-order valence-corrected chi connectivity index (χ3v) is 4.71. The van der Waals surface area contributed by atoms with Crippen LogP contribution in [0.3, 0.4) is 0 Å². The van der Waals surface area contributed by atoms with E-state index in [1.165, 1.54) is 48.7 Å². The van der Waals surface area contributed by atoms with Gasteiger partial charge in [-0.25, -0.2) is 9.97 Å². The van der Waals surface area contributed by atoms with Gasteiger partial charge < -0.3 is 14.6 Å². The summed E-state index contributed by atoms with van der Waals surface area (Å²) in [4.78, 5) is 20.1. The molecular formula is C24H20F6N4O2. The normalized spacial score (nSPS) is 12.8. The third-order valence-electron chi connectivity index (χ3n) is 4.71. The van der Waals surface area contributed by atoms with Gasteiger partial charge in [-0.1, -0.05) is 24.8 Å². The van der Waals surface area contributed by atoms with Gasteiger partial charge >= 0.3 is 12.4 Å². The number of halogens is 6. The molecule has 0 aliphatic carbocycles. The van der Waals surface area contributed by atoms with E-state index in [2.05, 4.69) is 21.9 Å². The molecule has 0 radical (unpaired) electrons. The molecular weight excluding hydrogens is 490 g/mol. The Morgan fingerprint density at radius 2 is 1.81 bits per heavy atom. The molecule has 2 heterocycles. The molecule has 1 amide bonds. The van der Waals surface area contributed by atoms with Gasteiger partial charge in [0.15, 0.2) is 0 Å². The quantitative estimate of drug-likeness (QED) is 0.310. The number of fused-ring (bicyclic) bond motifs is 1. The van der Waals surface area contributed by atoms with Crippen molar-refractivity contribution in [2.45, 2.75) is 25.3 Å². The molecule has 12 heteroatoms. The van der Waals surface area contributed by atoms with E-state index in [9.17, 15) is 31.1 Å². The second kappa shape index (κ2) is 11.1. The van der Waals surface area contributed by atoms with Crippen LogP contribution in [0.25, 0.3) is 11.0 Å². The van der Waals surface area contributed by atoms with Crippen LogP contribution in [0.5, 0.6) is 5.88 Å². The molecule has 0 fully saturated rings. The minimum atomic E-state index is -4.46. The fourth-order valence-electron chi connectivity index (χ4n) is 3.19. The summed E-state index contributed by atoms with van der Waals surface area (Å²) in [5.74, 6) is -0.372. The van der Waals surface area contributed by atoms with Crippen LogP contribution >= 0.6 is 0 Å². The zero-order valence-electron chi connectivity index (χ0n) is 18.6. The van der Waals surface area contributed by atoms with Crippen LogP contribution in [0.2, 0.25) is 0 Å². The van der Waals surface area contributed by atoms with Crippen LogP contribution in [-0.4, -0.2) is 33.2 Å². The Balaban J connectivity index is 1.59. The summed E-state index contributed by atoms with van der Waals surface area (Å²) in [6.07, 6.45) is -0.703. The number of nitrogens with one attached hydrogen (secondary N) is 1. The smallest absolute Gasteiger partial charge is 0.416 e. The van der Waals surface area contributed by atoms with Gasteiger partial charge in [0.25, 0.3) is 0 Å².